The molecular formula is C13H10FNO2. The van der Waals surface area contributed by atoms with Crippen LogP contribution in [0.1, 0.15) is 16.1 Å². The first-order valence-electron chi connectivity index (χ1n) is 5.03. The average molecular weight is 231 g/mol. The van der Waals surface area contributed by atoms with Crippen LogP contribution in [0.15, 0.2) is 36.5 Å². The van der Waals surface area contributed by atoms with Crippen molar-refractivity contribution in [3.05, 3.63) is 53.6 Å². The van der Waals surface area contributed by atoms with Crippen LogP contribution in [0.25, 0.3) is 11.1 Å². The lowest BCUT2D eigenvalue weighted by atomic mass is 10.0. The second-order valence-corrected chi connectivity index (χ2v) is 3.75. The molecule has 0 atom stereocenters. The Labute approximate surface area is 97.6 Å². The maximum atomic E-state index is 13.2. The zero-order valence-electron chi connectivity index (χ0n) is 9.14. The van der Waals surface area contributed by atoms with Gasteiger partial charge < -0.3 is 5.11 Å². The van der Waals surface area contributed by atoms with Crippen LogP contribution >= 0.6 is 0 Å². The summed E-state index contributed by atoms with van der Waals surface area (Å²) in [6.07, 6.45) is 1.43. The minimum absolute atomic E-state index is 0.0260. The first-order valence-corrected chi connectivity index (χ1v) is 5.03. The standard InChI is InChI=1S/C13H10FNO2/c1-8-4-10(6-11(14)5-8)9-2-3-12(13(16)17)15-7-9/h2-7H,1H3,(H,16,17). The highest BCUT2D eigenvalue weighted by atomic mass is 19.1. The molecule has 4 heteroatoms. The van der Waals surface area contributed by atoms with Crippen molar-refractivity contribution >= 4 is 5.97 Å². The van der Waals surface area contributed by atoms with E-state index in [0.717, 1.165) is 5.56 Å². The van der Waals surface area contributed by atoms with Gasteiger partial charge in [-0.3, -0.25) is 0 Å². The van der Waals surface area contributed by atoms with E-state index in [0.29, 0.717) is 11.1 Å². The molecule has 0 unspecified atom stereocenters. The number of rotatable bonds is 2. The summed E-state index contributed by atoms with van der Waals surface area (Å²) in [5, 5.41) is 8.71. The number of halogens is 1. The van der Waals surface area contributed by atoms with Crippen molar-refractivity contribution in [3.8, 4) is 11.1 Å². The Hall–Kier alpha value is -2.23. The van der Waals surface area contributed by atoms with Crippen molar-refractivity contribution in [2.75, 3.05) is 0 Å². The van der Waals surface area contributed by atoms with E-state index in [1.165, 1.54) is 24.4 Å². The van der Waals surface area contributed by atoms with Gasteiger partial charge in [0.1, 0.15) is 11.5 Å². The van der Waals surface area contributed by atoms with Crippen LogP contribution in [-0.4, -0.2) is 16.1 Å². The molecule has 1 N–H and O–H groups in total. The number of pyridine rings is 1. The van der Waals surface area contributed by atoms with Crippen LogP contribution in [0.4, 0.5) is 4.39 Å². The van der Waals surface area contributed by atoms with Crippen LogP contribution in [0.3, 0.4) is 0 Å². The predicted octanol–water partition coefficient (Wildman–Crippen LogP) is 2.89. The lowest BCUT2D eigenvalue weighted by Crippen LogP contribution is -1.99. The minimum Gasteiger partial charge on any atom is -0.477 e. The number of carbonyl (C=O) groups is 1. The predicted molar refractivity (Wildman–Crippen MR) is 61.3 cm³/mol. The summed E-state index contributed by atoms with van der Waals surface area (Å²) in [4.78, 5) is 14.4. The fourth-order valence-corrected chi connectivity index (χ4v) is 1.59. The number of aromatic nitrogens is 1. The number of hydrogen-bond donors (Lipinski definition) is 1. The Morgan fingerprint density at radius 1 is 1.24 bits per heavy atom. The normalized spacial score (nSPS) is 10.2. The Morgan fingerprint density at radius 3 is 2.53 bits per heavy atom. The molecule has 1 aromatic heterocycles. The molecule has 86 valence electrons. The summed E-state index contributed by atoms with van der Waals surface area (Å²) in [6, 6.07) is 7.66. The summed E-state index contributed by atoms with van der Waals surface area (Å²) in [5.41, 5.74) is 2.16. The molecular weight excluding hydrogens is 221 g/mol. The van der Waals surface area contributed by atoms with Crippen LogP contribution in [0.5, 0.6) is 0 Å². The fourth-order valence-electron chi connectivity index (χ4n) is 1.59. The van der Waals surface area contributed by atoms with E-state index in [1.807, 2.05) is 6.07 Å². The maximum Gasteiger partial charge on any atom is 0.354 e. The number of hydrogen-bond acceptors (Lipinski definition) is 2. The van der Waals surface area contributed by atoms with Crippen molar-refractivity contribution in [2.45, 2.75) is 6.92 Å². The lowest BCUT2D eigenvalue weighted by molar-refractivity contribution is 0.0690. The molecule has 0 aliphatic rings. The number of nitrogens with zero attached hydrogens (tertiary/aromatic N) is 1. The molecule has 0 amide bonds. The van der Waals surface area contributed by atoms with Gasteiger partial charge in [0.15, 0.2) is 0 Å². The molecule has 0 saturated carbocycles. The molecule has 1 aromatic carbocycles. The first-order chi connectivity index (χ1) is 8.06. The zero-order chi connectivity index (χ0) is 12.4. The van der Waals surface area contributed by atoms with E-state index in [2.05, 4.69) is 4.98 Å². The summed E-state index contributed by atoms with van der Waals surface area (Å²) in [5.74, 6) is -1.39. The number of benzene rings is 1. The van der Waals surface area contributed by atoms with Gasteiger partial charge in [0, 0.05) is 11.8 Å². The van der Waals surface area contributed by atoms with Crippen molar-refractivity contribution in [2.24, 2.45) is 0 Å². The van der Waals surface area contributed by atoms with Gasteiger partial charge in [0.25, 0.3) is 0 Å². The molecule has 0 bridgehead atoms. The van der Waals surface area contributed by atoms with Crippen molar-refractivity contribution < 1.29 is 14.3 Å². The van der Waals surface area contributed by atoms with E-state index in [9.17, 15) is 9.18 Å². The van der Waals surface area contributed by atoms with Gasteiger partial charge in [-0.25, -0.2) is 14.2 Å². The third-order valence-electron chi connectivity index (χ3n) is 2.36. The highest BCUT2D eigenvalue weighted by molar-refractivity contribution is 5.85. The topological polar surface area (TPSA) is 50.2 Å². The number of aromatic carboxylic acids is 1. The Kier molecular flexibility index (Phi) is 2.87. The lowest BCUT2D eigenvalue weighted by Gasteiger charge is -2.03. The third kappa shape index (κ3) is 2.47. The average Bonchev–Trinajstić information content (AvgIpc) is 2.28. The van der Waals surface area contributed by atoms with E-state index >= 15 is 0 Å². The van der Waals surface area contributed by atoms with E-state index in [4.69, 9.17) is 5.11 Å². The molecule has 2 aromatic rings. The van der Waals surface area contributed by atoms with Gasteiger partial charge in [-0.1, -0.05) is 12.1 Å². The van der Waals surface area contributed by atoms with Crippen molar-refractivity contribution in [1.82, 2.24) is 4.98 Å². The van der Waals surface area contributed by atoms with Gasteiger partial charge in [0.05, 0.1) is 0 Å². The third-order valence-corrected chi connectivity index (χ3v) is 2.36. The molecule has 0 aliphatic carbocycles. The quantitative estimate of drug-likeness (QED) is 0.864. The van der Waals surface area contributed by atoms with E-state index in [-0.39, 0.29) is 11.5 Å². The molecule has 0 spiro atoms. The highest BCUT2D eigenvalue weighted by Crippen LogP contribution is 2.21. The van der Waals surface area contributed by atoms with Crippen LogP contribution in [0.2, 0.25) is 0 Å². The highest BCUT2D eigenvalue weighted by Gasteiger charge is 2.06. The monoisotopic (exact) mass is 231 g/mol. The molecule has 1 heterocycles. The molecule has 2 rings (SSSR count). The maximum absolute atomic E-state index is 13.2. The summed E-state index contributed by atoms with van der Waals surface area (Å²) in [6.45, 7) is 1.80. The molecule has 0 saturated heterocycles. The minimum atomic E-state index is -1.08. The SMILES string of the molecule is Cc1cc(F)cc(-c2ccc(C(=O)O)nc2)c1. The smallest absolute Gasteiger partial charge is 0.354 e. The van der Waals surface area contributed by atoms with E-state index < -0.39 is 5.97 Å². The second kappa shape index (κ2) is 4.33. The van der Waals surface area contributed by atoms with Gasteiger partial charge >= 0.3 is 5.97 Å². The van der Waals surface area contributed by atoms with Gasteiger partial charge in [-0.2, -0.15) is 0 Å². The summed E-state index contributed by atoms with van der Waals surface area (Å²) in [7, 11) is 0. The molecule has 17 heavy (non-hydrogen) atoms. The Balaban J connectivity index is 2.43. The summed E-state index contributed by atoms with van der Waals surface area (Å²) >= 11 is 0. The Bertz CT molecular complexity index is 544. The molecule has 3 nitrogen and oxygen atoms in total. The number of aryl methyl sites for hydroxylation is 1. The molecule has 0 fully saturated rings. The Morgan fingerprint density at radius 2 is 2.00 bits per heavy atom. The number of carboxylic acid groups (broad SMARTS) is 1. The first kappa shape index (κ1) is 11.3. The van der Waals surface area contributed by atoms with Crippen LogP contribution in [-0.2, 0) is 0 Å². The van der Waals surface area contributed by atoms with E-state index in [1.54, 1.807) is 13.0 Å². The second-order valence-electron chi connectivity index (χ2n) is 3.75. The van der Waals surface area contributed by atoms with Crippen molar-refractivity contribution in [3.63, 3.8) is 0 Å². The van der Waals surface area contributed by atoms with Gasteiger partial charge in [-0.15, -0.1) is 0 Å². The van der Waals surface area contributed by atoms with Crippen molar-refractivity contribution in [1.29, 1.82) is 0 Å². The van der Waals surface area contributed by atoms with Gasteiger partial charge in [0.2, 0.25) is 0 Å². The van der Waals surface area contributed by atoms with Crippen LogP contribution < -0.4 is 0 Å². The molecule has 0 radical (unpaired) electrons. The molecule has 0 aliphatic heterocycles. The van der Waals surface area contributed by atoms with Crippen LogP contribution in [0, 0.1) is 12.7 Å². The fraction of sp³-hybridized carbons (Fsp3) is 0.0769. The van der Waals surface area contributed by atoms with Gasteiger partial charge in [-0.05, 0) is 36.2 Å². The summed E-state index contributed by atoms with van der Waals surface area (Å²) < 4.78 is 13.2. The number of carboxylic acids is 1. The zero-order valence-corrected chi connectivity index (χ0v) is 9.14. The largest absolute Gasteiger partial charge is 0.477 e.